The maximum absolute atomic E-state index is 14.4. The first-order valence-corrected chi connectivity index (χ1v) is 10.1. The van der Waals surface area contributed by atoms with E-state index in [0.717, 1.165) is 10.5 Å². The minimum Gasteiger partial charge on any atom is -0.288 e. The fraction of sp³-hybridized carbons (Fsp3) is 0.0952. The molecule has 1 aliphatic heterocycles. The molecule has 0 saturated carbocycles. The number of hydrogen-bond acceptors (Lipinski definition) is 2. The lowest BCUT2D eigenvalue weighted by molar-refractivity contribution is 0.254. The Labute approximate surface area is 176 Å². The Kier molecular flexibility index (Phi) is 5.23. The van der Waals surface area contributed by atoms with Crippen molar-refractivity contribution in [3.63, 3.8) is 0 Å². The molecule has 28 heavy (non-hydrogen) atoms. The Morgan fingerprint density at radius 1 is 1.00 bits per heavy atom. The summed E-state index contributed by atoms with van der Waals surface area (Å²) in [5.74, 6) is -0.443. The Balaban J connectivity index is 1.81. The second-order valence-corrected chi connectivity index (χ2v) is 8.18. The molecule has 142 valence electrons. The normalized spacial score (nSPS) is 13.6. The van der Waals surface area contributed by atoms with Gasteiger partial charge >= 0.3 is 6.03 Å². The maximum atomic E-state index is 14.4. The van der Waals surface area contributed by atoms with Crippen LogP contribution in [0.2, 0.25) is 10.0 Å². The lowest BCUT2D eigenvalue weighted by Gasteiger charge is -2.36. The van der Waals surface area contributed by atoms with Gasteiger partial charge in [-0.25, -0.2) is 13.5 Å². The number of halogens is 3. The van der Waals surface area contributed by atoms with Gasteiger partial charge in [0.25, 0.3) is 0 Å². The van der Waals surface area contributed by atoms with Crippen LogP contribution in [0.4, 0.5) is 20.6 Å². The highest BCUT2D eigenvalue weighted by Gasteiger charge is 2.34. The second-order valence-electron chi connectivity index (χ2n) is 6.35. The molecule has 0 radical (unpaired) electrons. The van der Waals surface area contributed by atoms with Gasteiger partial charge in [0.2, 0.25) is 0 Å². The van der Waals surface area contributed by atoms with E-state index in [1.54, 1.807) is 28.6 Å². The van der Waals surface area contributed by atoms with Crippen molar-refractivity contribution >= 4 is 52.6 Å². The lowest BCUT2D eigenvalue weighted by atomic mass is 10.1. The van der Waals surface area contributed by atoms with Crippen molar-refractivity contribution < 1.29 is 9.18 Å². The molecule has 0 N–H and O–H groups in total. The summed E-state index contributed by atoms with van der Waals surface area (Å²) in [5, 5.41) is 0.825. The van der Waals surface area contributed by atoms with Gasteiger partial charge in [-0.2, -0.15) is 0 Å². The molecule has 1 aliphatic rings. The third-order valence-electron chi connectivity index (χ3n) is 4.52. The molecule has 3 aromatic carbocycles. The molecule has 0 aromatic heterocycles. The average molecular weight is 433 g/mol. The Bertz CT molecular complexity index is 1060. The Morgan fingerprint density at radius 3 is 2.57 bits per heavy atom. The minimum absolute atomic E-state index is 0.0258. The summed E-state index contributed by atoms with van der Waals surface area (Å²) in [6.07, 6.45) is 0. The van der Waals surface area contributed by atoms with Gasteiger partial charge in [-0.05, 0) is 60.8 Å². The Morgan fingerprint density at radius 2 is 1.79 bits per heavy atom. The number of carbonyl (C=O) groups excluding carboxylic acids is 1. The van der Waals surface area contributed by atoms with Crippen molar-refractivity contribution in [1.29, 1.82) is 0 Å². The first-order chi connectivity index (χ1) is 13.5. The molecule has 0 fully saturated rings. The SMILES string of the molecule is Cc1ccc(Cl)cc1N1Sc2ccccc2N(Cc2c(F)cccc2Cl)C1=O. The molecule has 3 aromatic rings. The Hall–Kier alpha value is -2.21. The fourth-order valence-corrected chi connectivity index (χ4v) is 4.52. The summed E-state index contributed by atoms with van der Waals surface area (Å²) in [6.45, 7) is 1.94. The number of benzene rings is 3. The zero-order chi connectivity index (χ0) is 19.8. The van der Waals surface area contributed by atoms with E-state index in [1.807, 2.05) is 37.3 Å². The van der Waals surface area contributed by atoms with Gasteiger partial charge in [0.05, 0.1) is 22.8 Å². The van der Waals surface area contributed by atoms with E-state index < -0.39 is 5.82 Å². The zero-order valence-corrected chi connectivity index (χ0v) is 17.2. The number of anilines is 2. The van der Waals surface area contributed by atoms with E-state index in [9.17, 15) is 9.18 Å². The number of carbonyl (C=O) groups is 1. The van der Waals surface area contributed by atoms with Gasteiger partial charge in [0.15, 0.2) is 0 Å². The van der Waals surface area contributed by atoms with Crippen LogP contribution in [0.5, 0.6) is 0 Å². The summed E-state index contributed by atoms with van der Waals surface area (Å²) in [4.78, 5) is 15.8. The van der Waals surface area contributed by atoms with Crippen LogP contribution in [-0.4, -0.2) is 6.03 Å². The van der Waals surface area contributed by atoms with Crippen molar-refractivity contribution in [3.05, 3.63) is 87.7 Å². The minimum atomic E-state index is -0.443. The molecule has 0 saturated heterocycles. The summed E-state index contributed by atoms with van der Waals surface area (Å²) >= 11 is 13.7. The van der Waals surface area contributed by atoms with Gasteiger partial charge in [0, 0.05) is 15.6 Å². The van der Waals surface area contributed by atoms with Crippen molar-refractivity contribution in [2.24, 2.45) is 0 Å². The van der Waals surface area contributed by atoms with Crippen LogP contribution in [0.25, 0.3) is 0 Å². The van der Waals surface area contributed by atoms with Gasteiger partial charge < -0.3 is 0 Å². The quantitative estimate of drug-likeness (QED) is 0.412. The van der Waals surface area contributed by atoms with Gasteiger partial charge in [-0.15, -0.1) is 0 Å². The number of urea groups is 1. The lowest BCUT2D eigenvalue weighted by Crippen LogP contribution is -2.43. The van der Waals surface area contributed by atoms with Crippen LogP contribution in [-0.2, 0) is 6.54 Å². The predicted molar refractivity (Wildman–Crippen MR) is 114 cm³/mol. The van der Waals surface area contributed by atoms with Crippen molar-refractivity contribution in [2.45, 2.75) is 18.4 Å². The molecule has 0 aliphatic carbocycles. The van der Waals surface area contributed by atoms with Gasteiger partial charge in [0.1, 0.15) is 5.82 Å². The molecule has 0 atom stereocenters. The highest BCUT2D eigenvalue weighted by molar-refractivity contribution is 8.01. The number of fused-ring (bicyclic) bond motifs is 1. The molecule has 3 nitrogen and oxygen atoms in total. The van der Waals surface area contributed by atoms with Gasteiger partial charge in [-0.1, -0.05) is 47.5 Å². The first kappa shape index (κ1) is 19.1. The number of amides is 2. The molecule has 4 rings (SSSR count). The van der Waals surface area contributed by atoms with Crippen LogP contribution < -0.4 is 9.21 Å². The molecule has 0 spiro atoms. The van der Waals surface area contributed by atoms with Crippen LogP contribution in [0, 0.1) is 12.7 Å². The standard InChI is InChI=1S/C21H15Cl2FN2OS/c1-13-9-10-14(22)11-19(13)26-21(27)25(18-7-2-3-8-20(18)28-26)12-15-16(23)5-4-6-17(15)24/h2-11H,12H2,1H3. The highest BCUT2D eigenvalue weighted by atomic mass is 35.5. The zero-order valence-electron chi connectivity index (χ0n) is 14.8. The molecular formula is C21H15Cl2FN2OS. The maximum Gasteiger partial charge on any atom is 0.339 e. The third-order valence-corrected chi connectivity index (χ3v) is 6.18. The van der Waals surface area contributed by atoms with Crippen LogP contribution in [0.1, 0.15) is 11.1 Å². The topological polar surface area (TPSA) is 23.6 Å². The molecule has 1 heterocycles. The monoisotopic (exact) mass is 432 g/mol. The van der Waals surface area contributed by atoms with E-state index >= 15 is 0 Å². The van der Waals surface area contributed by atoms with Gasteiger partial charge in [-0.3, -0.25) is 4.90 Å². The number of aryl methyl sites for hydroxylation is 1. The van der Waals surface area contributed by atoms with E-state index in [4.69, 9.17) is 23.2 Å². The van der Waals surface area contributed by atoms with Crippen molar-refractivity contribution in [3.8, 4) is 0 Å². The first-order valence-electron chi connectivity index (χ1n) is 8.53. The molecule has 0 unspecified atom stereocenters. The largest absolute Gasteiger partial charge is 0.339 e. The summed E-state index contributed by atoms with van der Waals surface area (Å²) in [6, 6.07) is 17.1. The van der Waals surface area contributed by atoms with Crippen molar-refractivity contribution in [2.75, 3.05) is 9.21 Å². The van der Waals surface area contributed by atoms with Crippen LogP contribution in [0.15, 0.2) is 65.6 Å². The molecule has 2 amide bonds. The van der Waals surface area contributed by atoms with E-state index in [0.29, 0.717) is 16.4 Å². The molecule has 0 bridgehead atoms. The van der Waals surface area contributed by atoms with E-state index in [1.165, 1.54) is 22.9 Å². The smallest absolute Gasteiger partial charge is 0.288 e. The van der Waals surface area contributed by atoms with E-state index in [2.05, 4.69) is 0 Å². The summed E-state index contributed by atoms with van der Waals surface area (Å²) < 4.78 is 16.0. The number of nitrogens with zero attached hydrogens (tertiary/aromatic N) is 2. The third kappa shape index (κ3) is 3.46. The second kappa shape index (κ2) is 7.66. The van der Waals surface area contributed by atoms with Crippen molar-refractivity contribution in [1.82, 2.24) is 0 Å². The van der Waals surface area contributed by atoms with Crippen LogP contribution in [0.3, 0.4) is 0 Å². The summed E-state index contributed by atoms with van der Waals surface area (Å²) in [7, 11) is 0. The number of hydrogen-bond donors (Lipinski definition) is 0. The fourth-order valence-electron chi connectivity index (χ4n) is 3.06. The predicted octanol–water partition coefficient (Wildman–Crippen LogP) is 7.09. The number of para-hydroxylation sites is 1. The molecular weight excluding hydrogens is 418 g/mol. The van der Waals surface area contributed by atoms with E-state index in [-0.39, 0.29) is 23.2 Å². The van der Waals surface area contributed by atoms with Crippen LogP contribution >= 0.6 is 35.1 Å². The summed E-state index contributed by atoms with van der Waals surface area (Å²) in [5.41, 5.74) is 2.60. The molecule has 7 heteroatoms. The average Bonchev–Trinajstić information content (AvgIpc) is 2.68. The highest BCUT2D eigenvalue weighted by Crippen LogP contribution is 2.43. The number of rotatable bonds is 3.